The summed E-state index contributed by atoms with van der Waals surface area (Å²) in [5, 5.41) is 19.9. The van der Waals surface area contributed by atoms with Crippen molar-refractivity contribution in [3.8, 4) is 0 Å². The average Bonchev–Trinajstić information content (AvgIpc) is 2.46. The number of hydrogen-bond acceptors (Lipinski definition) is 4. The molecule has 0 fully saturated rings. The standard InChI is InChI=1S/C10H20O2.C8H16O2/c1-2-3-4-5-6-7-8-9-10(11)12;1-2-3-4-5-6-7-8(9)10/h2-9H2,1H3,(H,11,12);2-7H2,1H3,(H,9,10)/p-2. The first kappa shape index (κ1) is 23.2. The van der Waals surface area contributed by atoms with Crippen molar-refractivity contribution < 1.29 is 19.8 Å². The highest BCUT2D eigenvalue weighted by Gasteiger charge is 1.90. The Morgan fingerprint density at radius 1 is 0.545 bits per heavy atom. The van der Waals surface area contributed by atoms with E-state index < -0.39 is 11.9 Å². The molecule has 0 bridgehead atoms. The van der Waals surface area contributed by atoms with Gasteiger partial charge in [-0.1, -0.05) is 78.1 Å². The van der Waals surface area contributed by atoms with E-state index in [0.29, 0.717) is 0 Å². The molecule has 0 unspecified atom stereocenters. The molecule has 0 amide bonds. The zero-order valence-electron chi connectivity index (χ0n) is 14.5. The summed E-state index contributed by atoms with van der Waals surface area (Å²) in [5.74, 6) is -1.83. The fourth-order valence-corrected chi connectivity index (χ4v) is 2.10. The van der Waals surface area contributed by atoms with E-state index in [2.05, 4.69) is 13.8 Å². The zero-order chi connectivity index (χ0) is 17.1. The van der Waals surface area contributed by atoms with Crippen molar-refractivity contribution in [2.24, 2.45) is 0 Å². The minimum atomic E-state index is -0.920. The highest BCUT2D eigenvalue weighted by molar-refractivity contribution is 5.64. The van der Waals surface area contributed by atoms with Gasteiger partial charge in [0.25, 0.3) is 0 Å². The molecule has 0 N–H and O–H groups in total. The molecule has 0 atom stereocenters. The maximum atomic E-state index is 10.0. The molecule has 0 radical (unpaired) electrons. The maximum Gasteiger partial charge on any atom is 0.0414 e. The van der Waals surface area contributed by atoms with Crippen molar-refractivity contribution in [1.29, 1.82) is 0 Å². The molecule has 4 nitrogen and oxygen atoms in total. The number of carboxylic acids is 2. The van der Waals surface area contributed by atoms with Crippen molar-refractivity contribution in [3.05, 3.63) is 0 Å². The van der Waals surface area contributed by atoms with Crippen LogP contribution >= 0.6 is 0 Å². The van der Waals surface area contributed by atoms with E-state index in [1.165, 1.54) is 44.9 Å². The number of aliphatic carboxylic acids is 2. The number of rotatable bonds is 14. The van der Waals surface area contributed by atoms with Gasteiger partial charge in [-0.05, 0) is 25.7 Å². The van der Waals surface area contributed by atoms with Gasteiger partial charge >= 0.3 is 0 Å². The number of carboxylic acid groups (broad SMARTS) is 2. The molecule has 0 aliphatic heterocycles. The second kappa shape index (κ2) is 19.9. The Hall–Kier alpha value is -1.06. The molecule has 0 aliphatic carbocycles. The third-order valence-electron chi connectivity index (χ3n) is 3.47. The third kappa shape index (κ3) is 27.3. The smallest absolute Gasteiger partial charge is 0.0414 e. The van der Waals surface area contributed by atoms with Gasteiger partial charge in [0, 0.05) is 11.9 Å². The molecule has 0 aliphatic rings. The lowest BCUT2D eigenvalue weighted by Gasteiger charge is -2.01. The fraction of sp³-hybridized carbons (Fsp3) is 0.889. The second-order valence-corrected chi connectivity index (χ2v) is 5.78. The summed E-state index contributed by atoms with van der Waals surface area (Å²) >= 11 is 0. The highest BCUT2D eigenvalue weighted by atomic mass is 16.4. The lowest BCUT2D eigenvalue weighted by atomic mass is 10.1. The topological polar surface area (TPSA) is 80.3 Å². The van der Waals surface area contributed by atoms with Crippen molar-refractivity contribution in [2.45, 2.75) is 104 Å². The van der Waals surface area contributed by atoms with Crippen LogP contribution in [-0.2, 0) is 9.59 Å². The van der Waals surface area contributed by atoms with Crippen molar-refractivity contribution in [1.82, 2.24) is 0 Å². The molecule has 0 saturated heterocycles. The van der Waals surface area contributed by atoms with Crippen molar-refractivity contribution >= 4 is 11.9 Å². The van der Waals surface area contributed by atoms with E-state index in [1.54, 1.807) is 0 Å². The molecule has 22 heavy (non-hydrogen) atoms. The van der Waals surface area contributed by atoms with Crippen LogP contribution in [0.3, 0.4) is 0 Å². The Balaban J connectivity index is 0. The first-order valence-corrected chi connectivity index (χ1v) is 8.94. The van der Waals surface area contributed by atoms with Crippen LogP contribution in [0.5, 0.6) is 0 Å². The molecular formula is C18H34O4-2. The lowest BCUT2D eigenvalue weighted by molar-refractivity contribution is -0.307. The van der Waals surface area contributed by atoms with Crippen LogP contribution in [0.2, 0.25) is 0 Å². The molecule has 0 aromatic rings. The predicted molar refractivity (Wildman–Crippen MR) is 86.0 cm³/mol. The van der Waals surface area contributed by atoms with Crippen LogP contribution in [0, 0.1) is 0 Å². The second-order valence-electron chi connectivity index (χ2n) is 5.78. The number of unbranched alkanes of at least 4 members (excludes halogenated alkanes) is 10. The monoisotopic (exact) mass is 314 g/mol. The summed E-state index contributed by atoms with van der Waals surface area (Å²) in [6.07, 6.45) is 13.9. The van der Waals surface area contributed by atoms with Crippen LogP contribution < -0.4 is 10.2 Å². The van der Waals surface area contributed by atoms with Crippen LogP contribution in [-0.4, -0.2) is 11.9 Å². The highest BCUT2D eigenvalue weighted by Crippen LogP contribution is 2.07. The lowest BCUT2D eigenvalue weighted by Crippen LogP contribution is -2.21. The molecule has 0 rings (SSSR count). The van der Waals surface area contributed by atoms with Gasteiger partial charge in [0.05, 0.1) is 0 Å². The zero-order valence-corrected chi connectivity index (χ0v) is 14.5. The van der Waals surface area contributed by atoms with Crippen LogP contribution in [0.15, 0.2) is 0 Å². The van der Waals surface area contributed by atoms with Gasteiger partial charge in [0.2, 0.25) is 0 Å². The largest absolute Gasteiger partial charge is 0.550 e. The third-order valence-corrected chi connectivity index (χ3v) is 3.47. The van der Waals surface area contributed by atoms with Crippen molar-refractivity contribution in [3.63, 3.8) is 0 Å². The van der Waals surface area contributed by atoms with Gasteiger partial charge in [0.1, 0.15) is 0 Å². The minimum Gasteiger partial charge on any atom is -0.550 e. The Morgan fingerprint density at radius 2 is 0.818 bits per heavy atom. The normalized spacial score (nSPS) is 9.91. The number of hydrogen-bond donors (Lipinski definition) is 0. The van der Waals surface area contributed by atoms with Gasteiger partial charge in [-0.25, -0.2) is 0 Å². The van der Waals surface area contributed by atoms with Crippen LogP contribution in [0.25, 0.3) is 0 Å². The number of carbonyl (C=O) groups is 2. The fourth-order valence-electron chi connectivity index (χ4n) is 2.10. The van der Waals surface area contributed by atoms with Gasteiger partial charge in [0.15, 0.2) is 0 Å². The van der Waals surface area contributed by atoms with E-state index in [-0.39, 0.29) is 12.8 Å². The van der Waals surface area contributed by atoms with E-state index in [0.717, 1.165) is 32.1 Å². The van der Waals surface area contributed by atoms with Gasteiger partial charge in [-0.15, -0.1) is 0 Å². The summed E-state index contributed by atoms with van der Waals surface area (Å²) in [6.45, 7) is 4.33. The molecular weight excluding hydrogens is 280 g/mol. The van der Waals surface area contributed by atoms with E-state index in [4.69, 9.17) is 0 Å². The molecule has 4 heteroatoms. The maximum absolute atomic E-state index is 10.0. The Morgan fingerprint density at radius 3 is 1.09 bits per heavy atom. The van der Waals surface area contributed by atoms with Crippen LogP contribution in [0.1, 0.15) is 104 Å². The Labute approximate surface area is 136 Å². The first-order chi connectivity index (χ1) is 10.5. The molecule has 0 spiro atoms. The summed E-state index contributed by atoms with van der Waals surface area (Å²) in [5.41, 5.74) is 0. The summed E-state index contributed by atoms with van der Waals surface area (Å²) in [7, 11) is 0. The molecule has 0 aromatic heterocycles. The molecule has 132 valence electrons. The molecule has 0 heterocycles. The quantitative estimate of drug-likeness (QED) is 0.462. The summed E-state index contributed by atoms with van der Waals surface area (Å²) in [4.78, 5) is 19.9. The minimum absolute atomic E-state index is 0.226. The van der Waals surface area contributed by atoms with E-state index >= 15 is 0 Å². The summed E-state index contributed by atoms with van der Waals surface area (Å²) < 4.78 is 0. The van der Waals surface area contributed by atoms with E-state index in [1.807, 2.05) is 0 Å². The van der Waals surface area contributed by atoms with Gasteiger partial charge in [-0.2, -0.15) is 0 Å². The Kier molecular flexibility index (Phi) is 21.0. The molecule has 0 saturated carbocycles. The molecule has 0 aromatic carbocycles. The predicted octanol–water partition coefficient (Wildman–Crippen LogP) is 2.97. The Bertz CT molecular complexity index is 251. The summed E-state index contributed by atoms with van der Waals surface area (Å²) in [6, 6.07) is 0. The van der Waals surface area contributed by atoms with E-state index in [9.17, 15) is 19.8 Å². The van der Waals surface area contributed by atoms with Crippen molar-refractivity contribution in [2.75, 3.05) is 0 Å². The van der Waals surface area contributed by atoms with Gasteiger partial charge in [-0.3, -0.25) is 0 Å². The van der Waals surface area contributed by atoms with Crippen LogP contribution in [0.4, 0.5) is 0 Å². The number of carbonyl (C=O) groups excluding carboxylic acids is 2. The SMILES string of the molecule is CCCCCCCC(=O)[O-].CCCCCCCCCC(=O)[O-]. The van der Waals surface area contributed by atoms with Gasteiger partial charge < -0.3 is 19.8 Å². The first-order valence-electron chi connectivity index (χ1n) is 8.94. The average molecular weight is 314 g/mol.